The molecule has 12 heteroatoms. The monoisotopic (exact) mass is 595 g/mol. The first-order chi connectivity index (χ1) is 19.7. The molecule has 3 N–H and O–H groups in total. The number of furan rings is 1. The van der Waals surface area contributed by atoms with Crippen molar-refractivity contribution in [2.45, 2.75) is 13.2 Å². The molecule has 0 bridgehead atoms. The molecule has 0 aliphatic rings. The van der Waals surface area contributed by atoms with E-state index >= 15 is 0 Å². The molecular weight excluding hydrogens is 569 g/mol. The number of rotatable bonds is 11. The van der Waals surface area contributed by atoms with Crippen LogP contribution < -0.4 is 20.9 Å². The van der Waals surface area contributed by atoms with Crippen LogP contribution in [0.3, 0.4) is 0 Å². The summed E-state index contributed by atoms with van der Waals surface area (Å²) >= 11 is 6.49. The van der Waals surface area contributed by atoms with Crippen LogP contribution in [-0.4, -0.2) is 36.9 Å². The van der Waals surface area contributed by atoms with Crippen LogP contribution in [0.25, 0.3) is 22.2 Å². The zero-order chi connectivity index (χ0) is 29.0. The topological polar surface area (TPSA) is 124 Å². The molecule has 0 amide bonds. The molecule has 41 heavy (non-hydrogen) atoms. The van der Waals surface area contributed by atoms with Gasteiger partial charge in [0.15, 0.2) is 5.82 Å². The van der Waals surface area contributed by atoms with Crippen molar-refractivity contribution in [2.75, 3.05) is 23.6 Å². The molecule has 2 heterocycles. The summed E-state index contributed by atoms with van der Waals surface area (Å²) < 4.78 is 47.8. The van der Waals surface area contributed by atoms with E-state index in [-0.39, 0.29) is 18.2 Å². The molecule has 0 radical (unpaired) electrons. The van der Waals surface area contributed by atoms with Crippen LogP contribution >= 0.6 is 11.6 Å². The molecule has 0 saturated carbocycles. The Morgan fingerprint density at radius 2 is 1.93 bits per heavy atom. The first kappa shape index (κ1) is 28.5. The summed E-state index contributed by atoms with van der Waals surface area (Å²) in [4.78, 5) is 8.78. The second-order valence-corrected chi connectivity index (χ2v) is 12.1. The Morgan fingerprint density at radius 3 is 2.71 bits per heavy atom. The molecule has 0 fully saturated rings. The SMILES string of the molecule is CS(=O)(=O)CCNCc1ccc(-c2ccc3ncnc(N(N)c4ccc(OCc5cccc(F)c5)c(Cl)c4)c3c2)o1. The Balaban J connectivity index is 1.33. The number of sulfone groups is 1. The first-order valence-electron chi connectivity index (χ1n) is 12.6. The van der Waals surface area contributed by atoms with Gasteiger partial charge in [-0.3, -0.25) is 5.01 Å². The standard InChI is InChI=1S/C29H27ClFN5O4S/c1-41(37,38)12-11-33-16-23-7-10-27(40-23)20-5-8-26-24(14-20)29(35-18-34-26)36(32)22-6-9-28(25(30)15-22)39-17-19-3-2-4-21(31)13-19/h2-10,13-15,18,33H,11-12,16-17,32H2,1H3. The minimum Gasteiger partial charge on any atom is -0.487 e. The van der Waals surface area contributed by atoms with Gasteiger partial charge >= 0.3 is 0 Å². The van der Waals surface area contributed by atoms with Crippen molar-refractivity contribution in [3.05, 3.63) is 101 Å². The molecule has 0 spiro atoms. The van der Waals surface area contributed by atoms with E-state index in [4.69, 9.17) is 26.6 Å². The van der Waals surface area contributed by atoms with E-state index in [0.29, 0.717) is 63.4 Å². The van der Waals surface area contributed by atoms with Crippen LogP contribution in [0.1, 0.15) is 11.3 Å². The number of aromatic nitrogens is 2. The van der Waals surface area contributed by atoms with E-state index in [1.165, 1.54) is 29.7 Å². The zero-order valence-corrected chi connectivity index (χ0v) is 23.6. The summed E-state index contributed by atoms with van der Waals surface area (Å²) in [6, 6.07) is 20.6. The van der Waals surface area contributed by atoms with Gasteiger partial charge in [0.2, 0.25) is 0 Å². The van der Waals surface area contributed by atoms with Crippen molar-refractivity contribution >= 4 is 43.8 Å². The fourth-order valence-electron chi connectivity index (χ4n) is 4.15. The number of anilines is 2. The quantitative estimate of drug-likeness (QED) is 0.117. The van der Waals surface area contributed by atoms with Crippen LogP contribution in [0, 0.1) is 5.82 Å². The predicted molar refractivity (Wildman–Crippen MR) is 157 cm³/mol. The highest BCUT2D eigenvalue weighted by molar-refractivity contribution is 7.90. The van der Waals surface area contributed by atoms with Gasteiger partial charge in [0.05, 0.1) is 28.5 Å². The van der Waals surface area contributed by atoms with E-state index in [1.54, 1.807) is 30.3 Å². The summed E-state index contributed by atoms with van der Waals surface area (Å²) in [5.41, 5.74) is 2.73. The molecule has 3 aromatic carbocycles. The van der Waals surface area contributed by atoms with Gasteiger partial charge in [-0.2, -0.15) is 0 Å². The van der Waals surface area contributed by atoms with E-state index in [0.717, 1.165) is 5.56 Å². The summed E-state index contributed by atoms with van der Waals surface area (Å²) in [5, 5.41) is 5.51. The highest BCUT2D eigenvalue weighted by Crippen LogP contribution is 2.35. The summed E-state index contributed by atoms with van der Waals surface area (Å²) in [5.74, 6) is 8.42. The normalized spacial score (nSPS) is 11.6. The summed E-state index contributed by atoms with van der Waals surface area (Å²) in [6.07, 6.45) is 2.64. The Bertz CT molecular complexity index is 1800. The molecule has 0 aliphatic heterocycles. The molecule has 9 nitrogen and oxygen atoms in total. The minimum atomic E-state index is -3.03. The number of fused-ring (bicyclic) bond motifs is 1. The van der Waals surface area contributed by atoms with Crippen molar-refractivity contribution in [1.82, 2.24) is 15.3 Å². The predicted octanol–water partition coefficient (Wildman–Crippen LogP) is 5.41. The first-order valence-corrected chi connectivity index (χ1v) is 15.0. The highest BCUT2D eigenvalue weighted by Gasteiger charge is 2.15. The third-order valence-electron chi connectivity index (χ3n) is 6.21. The average molecular weight is 596 g/mol. The molecule has 0 saturated heterocycles. The van der Waals surface area contributed by atoms with Crippen LogP contribution in [0.15, 0.2) is 83.5 Å². The lowest BCUT2D eigenvalue weighted by Gasteiger charge is -2.20. The van der Waals surface area contributed by atoms with Crippen molar-refractivity contribution in [1.29, 1.82) is 0 Å². The van der Waals surface area contributed by atoms with E-state index in [9.17, 15) is 12.8 Å². The third kappa shape index (κ3) is 7.19. The Labute approximate surface area is 241 Å². The fraction of sp³-hybridized carbons (Fsp3) is 0.172. The lowest BCUT2D eigenvalue weighted by molar-refractivity contribution is 0.306. The Hall–Kier alpha value is -4.03. The van der Waals surface area contributed by atoms with E-state index in [2.05, 4.69) is 15.3 Å². The molecular formula is C29H27ClFN5O4S. The smallest absolute Gasteiger partial charge is 0.158 e. The molecule has 0 unspecified atom stereocenters. The van der Waals surface area contributed by atoms with Crippen molar-refractivity contribution < 1.29 is 22.0 Å². The summed E-state index contributed by atoms with van der Waals surface area (Å²) in [6.45, 7) is 0.895. The molecule has 0 aliphatic carbocycles. The lowest BCUT2D eigenvalue weighted by atomic mass is 10.1. The number of nitrogens with two attached hydrogens (primary N) is 1. The van der Waals surface area contributed by atoms with Gasteiger partial charge < -0.3 is 14.5 Å². The molecule has 5 aromatic rings. The minimum absolute atomic E-state index is 0.0550. The number of hydrogen-bond donors (Lipinski definition) is 2. The van der Waals surface area contributed by atoms with Crippen molar-refractivity contribution in [2.24, 2.45) is 5.84 Å². The van der Waals surface area contributed by atoms with Gasteiger partial charge in [-0.05, 0) is 66.2 Å². The number of nitrogens with one attached hydrogen (secondary N) is 1. The van der Waals surface area contributed by atoms with Crippen molar-refractivity contribution in [3.8, 4) is 17.1 Å². The maximum Gasteiger partial charge on any atom is 0.158 e. The van der Waals surface area contributed by atoms with E-state index < -0.39 is 9.84 Å². The Morgan fingerprint density at radius 1 is 1.07 bits per heavy atom. The third-order valence-corrected chi connectivity index (χ3v) is 7.46. The fourth-order valence-corrected chi connectivity index (χ4v) is 4.90. The average Bonchev–Trinajstić information content (AvgIpc) is 3.42. The van der Waals surface area contributed by atoms with Gasteiger partial charge in [0.1, 0.15) is 45.9 Å². The largest absolute Gasteiger partial charge is 0.487 e. The van der Waals surface area contributed by atoms with Gasteiger partial charge in [0, 0.05) is 23.8 Å². The highest BCUT2D eigenvalue weighted by atomic mass is 35.5. The van der Waals surface area contributed by atoms with Gasteiger partial charge in [-0.1, -0.05) is 23.7 Å². The van der Waals surface area contributed by atoms with Crippen LogP contribution in [0.5, 0.6) is 5.75 Å². The Kier molecular flexibility index (Phi) is 8.50. The number of hydrogen-bond acceptors (Lipinski definition) is 9. The molecule has 212 valence electrons. The molecule has 0 atom stereocenters. The molecule has 5 rings (SSSR count). The lowest BCUT2D eigenvalue weighted by Crippen LogP contribution is -2.26. The maximum atomic E-state index is 13.5. The number of halogens is 2. The second-order valence-electron chi connectivity index (χ2n) is 9.41. The van der Waals surface area contributed by atoms with Crippen LogP contribution in [-0.2, 0) is 23.0 Å². The van der Waals surface area contributed by atoms with Gasteiger partial charge in [-0.25, -0.2) is 28.6 Å². The van der Waals surface area contributed by atoms with Crippen LogP contribution in [0.2, 0.25) is 5.02 Å². The van der Waals surface area contributed by atoms with Gasteiger partial charge in [0.25, 0.3) is 0 Å². The number of benzene rings is 3. The van der Waals surface area contributed by atoms with Crippen molar-refractivity contribution in [3.63, 3.8) is 0 Å². The van der Waals surface area contributed by atoms with Crippen LogP contribution in [0.4, 0.5) is 15.9 Å². The number of nitrogens with zero attached hydrogens (tertiary/aromatic N) is 3. The van der Waals surface area contributed by atoms with Gasteiger partial charge in [-0.15, -0.1) is 0 Å². The number of hydrazine groups is 1. The second kappa shape index (κ2) is 12.2. The summed E-state index contributed by atoms with van der Waals surface area (Å²) in [7, 11) is -3.03. The maximum absolute atomic E-state index is 13.5. The number of ether oxygens (including phenoxy) is 1. The van der Waals surface area contributed by atoms with E-state index in [1.807, 2.05) is 30.3 Å². The zero-order valence-electron chi connectivity index (χ0n) is 22.1. The molecule has 2 aromatic heterocycles.